The summed E-state index contributed by atoms with van der Waals surface area (Å²) in [5.74, 6) is -0.330. The lowest BCUT2D eigenvalue weighted by Crippen LogP contribution is -2.18. The Kier molecular flexibility index (Phi) is 2.96. The summed E-state index contributed by atoms with van der Waals surface area (Å²) >= 11 is 0. The van der Waals surface area contributed by atoms with E-state index in [1.807, 2.05) is 25.1 Å². The topological polar surface area (TPSA) is 0 Å². The summed E-state index contributed by atoms with van der Waals surface area (Å²) in [6, 6.07) is 5.88. The third-order valence-electron chi connectivity index (χ3n) is 3.22. The summed E-state index contributed by atoms with van der Waals surface area (Å²) < 4.78 is 37.3. The first-order valence-electron chi connectivity index (χ1n) is 5.62. The first kappa shape index (κ1) is 11.5. The zero-order valence-corrected chi connectivity index (χ0v) is 9.27. The second-order valence-electron chi connectivity index (χ2n) is 4.61. The van der Waals surface area contributed by atoms with Crippen molar-refractivity contribution < 1.29 is 13.2 Å². The van der Waals surface area contributed by atoms with Gasteiger partial charge in [0.1, 0.15) is 0 Å². The maximum atomic E-state index is 12.4. The summed E-state index contributed by atoms with van der Waals surface area (Å²) in [6.07, 6.45) is -2.27. The highest BCUT2D eigenvalue weighted by Crippen LogP contribution is 2.39. The van der Waals surface area contributed by atoms with Gasteiger partial charge in [-0.05, 0) is 43.2 Å². The highest BCUT2D eigenvalue weighted by atomic mass is 19.4. The van der Waals surface area contributed by atoms with Gasteiger partial charge in [-0.15, -0.1) is 0 Å². The number of alkyl halides is 3. The molecule has 88 valence electrons. The van der Waals surface area contributed by atoms with Crippen LogP contribution in [0.3, 0.4) is 0 Å². The lowest BCUT2D eigenvalue weighted by molar-refractivity contribution is -0.139. The van der Waals surface area contributed by atoms with Crippen molar-refractivity contribution in [2.75, 3.05) is 0 Å². The van der Waals surface area contributed by atoms with E-state index >= 15 is 0 Å². The number of fused-ring (bicyclic) bond motifs is 1. The highest BCUT2D eigenvalue weighted by molar-refractivity contribution is 5.36. The molecule has 2 rings (SSSR count). The molecule has 16 heavy (non-hydrogen) atoms. The Morgan fingerprint density at radius 1 is 1.31 bits per heavy atom. The SMILES string of the molecule is Cc1ccc2c(c1)[C@@H](CC(F)(F)F)CCC2. The van der Waals surface area contributed by atoms with Crippen LogP contribution in [0.5, 0.6) is 0 Å². The summed E-state index contributed by atoms with van der Waals surface area (Å²) in [4.78, 5) is 0. The second kappa shape index (κ2) is 4.11. The third-order valence-corrected chi connectivity index (χ3v) is 3.22. The van der Waals surface area contributed by atoms with Crippen molar-refractivity contribution in [1.82, 2.24) is 0 Å². The largest absolute Gasteiger partial charge is 0.389 e. The van der Waals surface area contributed by atoms with Crippen molar-refractivity contribution in [1.29, 1.82) is 0 Å². The van der Waals surface area contributed by atoms with Crippen molar-refractivity contribution in [3.63, 3.8) is 0 Å². The molecule has 0 aromatic heterocycles. The van der Waals surface area contributed by atoms with E-state index in [9.17, 15) is 13.2 Å². The van der Waals surface area contributed by atoms with Crippen LogP contribution in [-0.2, 0) is 6.42 Å². The maximum absolute atomic E-state index is 12.4. The number of benzene rings is 1. The van der Waals surface area contributed by atoms with Crippen LogP contribution in [0.4, 0.5) is 13.2 Å². The van der Waals surface area contributed by atoms with Gasteiger partial charge >= 0.3 is 6.18 Å². The molecule has 0 radical (unpaired) electrons. The van der Waals surface area contributed by atoms with Crippen LogP contribution in [0.1, 0.15) is 41.9 Å². The standard InChI is InChI=1S/C13H15F3/c1-9-5-6-10-3-2-4-11(12(10)7-9)8-13(14,15)16/h5-7,11H,2-4,8H2,1H3/t11-/m1/s1. The minimum absolute atomic E-state index is 0.330. The smallest absolute Gasteiger partial charge is 0.171 e. The first-order valence-corrected chi connectivity index (χ1v) is 5.62. The molecule has 1 aliphatic carbocycles. The predicted molar refractivity (Wildman–Crippen MR) is 57.5 cm³/mol. The Bertz CT molecular complexity index is 379. The number of rotatable bonds is 1. The number of hydrogen-bond donors (Lipinski definition) is 0. The summed E-state index contributed by atoms with van der Waals surface area (Å²) in [7, 11) is 0. The molecule has 0 amide bonds. The molecule has 0 N–H and O–H groups in total. The van der Waals surface area contributed by atoms with E-state index in [1.165, 1.54) is 0 Å². The molecule has 0 fully saturated rings. The Morgan fingerprint density at radius 3 is 2.75 bits per heavy atom. The van der Waals surface area contributed by atoms with Gasteiger partial charge in [0.2, 0.25) is 0 Å². The van der Waals surface area contributed by atoms with Crippen molar-refractivity contribution in [3.8, 4) is 0 Å². The van der Waals surface area contributed by atoms with E-state index < -0.39 is 12.6 Å². The van der Waals surface area contributed by atoms with Gasteiger partial charge in [-0.2, -0.15) is 13.2 Å². The molecule has 1 atom stereocenters. The normalized spacial score (nSPS) is 20.6. The number of halogens is 3. The quantitative estimate of drug-likeness (QED) is 0.669. The van der Waals surface area contributed by atoms with Crippen molar-refractivity contribution in [2.45, 2.75) is 44.7 Å². The number of aryl methyl sites for hydroxylation is 2. The molecule has 0 aliphatic heterocycles. The molecule has 1 aromatic carbocycles. The zero-order chi connectivity index (χ0) is 11.8. The Labute approximate surface area is 93.5 Å². The molecule has 3 heteroatoms. The zero-order valence-electron chi connectivity index (χ0n) is 9.27. The Morgan fingerprint density at radius 2 is 2.06 bits per heavy atom. The van der Waals surface area contributed by atoms with Gasteiger partial charge in [0.25, 0.3) is 0 Å². The van der Waals surface area contributed by atoms with Gasteiger partial charge in [-0.25, -0.2) is 0 Å². The highest BCUT2D eigenvalue weighted by Gasteiger charge is 2.34. The maximum Gasteiger partial charge on any atom is 0.389 e. The average molecular weight is 228 g/mol. The summed E-state index contributed by atoms with van der Waals surface area (Å²) in [5.41, 5.74) is 3.07. The Balaban J connectivity index is 2.28. The van der Waals surface area contributed by atoms with E-state index in [2.05, 4.69) is 0 Å². The molecule has 0 spiro atoms. The minimum atomic E-state index is -4.05. The molecular formula is C13H15F3. The molecule has 0 heterocycles. The summed E-state index contributed by atoms with van der Waals surface area (Å²) in [5, 5.41) is 0. The number of hydrogen-bond acceptors (Lipinski definition) is 0. The molecule has 0 saturated heterocycles. The van der Waals surface area contributed by atoms with Gasteiger partial charge < -0.3 is 0 Å². The molecule has 0 bridgehead atoms. The van der Waals surface area contributed by atoms with Crippen LogP contribution >= 0.6 is 0 Å². The van der Waals surface area contributed by atoms with Crippen molar-refractivity contribution in [2.24, 2.45) is 0 Å². The molecule has 0 nitrogen and oxygen atoms in total. The van der Waals surface area contributed by atoms with Crippen molar-refractivity contribution >= 4 is 0 Å². The van der Waals surface area contributed by atoms with Gasteiger partial charge in [-0.1, -0.05) is 23.8 Å². The monoisotopic (exact) mass is 228 g/mol. The van der Waals surface area contributed by atoms with E-state index in [1.54, 1.807) is 0 Å². The molecule has 1 aromatic rings. The summed E-state index contributed by atoms with van der Waals surface area (Å²) in [6.45, 7) is 1.93. The van der Waals surface area contributed by atoms with Crippen molar-refractivity contribution in [3.05, 3.63) is 34.9 Å². The fraction of sp³-hybridized carbons (Fsp3) is 0.538. The molecule has 0 saturated carbocycles. The molecule has 1 aliphatic rings. The first-order chi connectivity index (χ1) is 7.46. The van der Waals surface area contributed by atoms with Gasteiger partial charge in [0, 0.05) is 0 Å². The van der Waals surface area contributed by atoms with Gasteiger partial charge in [-0.3, -0.25) is 0 Å². The fourth-order valence-corrected chi connectivity index (χ4v) is 2.51. The Hall–Kier alpha value is -0.990. The van der Waals surface area contributed by atoms with E-state index in [0.717, 1.165) is 29.5 Å². The predicted octanol–water partition coefficient (Wildman–Crippen LogP) is 4.37. The molecular weight excluding hydrogens is 213 g/mol. The van der Waals surface area contributed by atoms with Crippen LogP contribution in [0.2, 0.25) is 0 Å². The minimum Gasteiger partial charge on any atom is -0.171 e. The fourth-order valence-electron chi connectivity index (χ4n) is 2.51. The van der Waals surface area contributed by atoms with E-state index in [0.29, 0.717) is 6.42 Å². The lowest BCUT2D eigenvalue weighted by Gasteiger charge is -2.26. The van der Waals surface area contributed by atoms with Crippen LogP contribution in [-0.4, -0.2) is 6.18 Å². The van der Waals surface area contributed by atoms with Gasteiger partial charge in [0.15, 0.2) is 0 Å². The third kappa shape index (κ3) is 2.57. The van der Waals surface area contributed by atoms with Crippen LogP contribution in [0.25, 0.3) is 0 Å². The lowest BCUT2D eigenvalue weighted by atomic mass is 9.80. The van der Waals surface area contributed by atoms with Gasteiger partial charge in [0.05, 0.1) is 6.42 Å². The van der Waals surface area contributed by atoms with E-state index in [4.69, 9.17) is 0 Å². The molecule has 0 unspecified atom stereocenters. The van der Waals surface area contributed by atoms with Crippen LogP contribution < -0.4 is 0 Å². The van der Waals surface area contributed by atoms with Crippen LogP contribution in [0.15, 0.2) is 18.2 Å². The van der Waals surface area contributed by atoms with E-state index in [-0.39, 0.29) is 5.92 Å². The van der Waals surface area contributed by atoms with Crippen LogP contribution in [0, 0.1) is 6.92 Å². The second-order valence-corrected chi connectivity index (χ2v) is 4.61. The average Bonchev–Trinajstić information content (AvgIpc) is 2.17.